The minimum Gasteiger partial charge on any atom is -0.481 e. The number of carbonyl (C=O) groups excluding carboxylic acids is 3. The average Bonchev–Trinajstić information content (AvgIpc) is 3.34. The number of alkyl carbamates (subject to hydrolysis) is 1. The lowest BCUT2D eigenvalue weighted by molar-refractivity contribution is -0.182. The van der Waals surface area contributed by atoms with Gasteiger partial charge in [-0.2, -0.15) is 0 Å². The van der Waals surface area contributed by atoms with Crippen LogP contribution in [0.15, 0.2) is 11.6 Å². The summed E-state index contributed by atoms with van der Waals surface area (Å²) in [6.45, 7) is 13.0. The number of ether oxygens (including phenoxy) is 2. The van der Waals surface area contributed by atoms with Crippen LogP contribution in [0.25, 0.3) is 0 Å². The molecule has 0 aromatic rings. The fourth-order valence-corrected chi connectivity index (χ4v) is 8.84. The second kappa shape index (κ2) is 9.12. The molecule has 4 aliphatic carbocycles. The van der Waals surface area contributed by atoms with Gasteiger partial charge in [-0.15, -0.1) is 0 Å². The van der Waals surface area contributed by atoms with Gasteiger partial charge in [0.15, 0.2) is 0 Å². The third-order valence-corrected chi connectivity index (χ3v) is 10.0. The first-order chi connectivity index (χ1) is 17.2. The maximum atomic E-state index is 13.4. The number of nitrogens with one attached hydrogen (secondary N) is 1. The van der Waals surface area contributed by atoms with Crippen LogP contribution in [0.4, 0.5) is 4.79 Å². The van der Waals surface area contributed by atoms with Gasteiger partial charge in [0, 0.05) is 5.41 Å². The van der Waals surface area contributed by atoms with Crippen LogP contribution >= 0.6 is 0 Å². The molecule has 8 atom stereocenters. The Balaban J connectivity index is 1.60. The van der Waals surface area contributed by atoms with Gasteiger partial charge in [0.05, 0.1) is 12.0 Å². The number of carboxylic acid groups (broad SMARTS) is 1. The Bertz CT molecular complexity index is 1010. The molecule has 0 radical (unpaired) electrons. The van der Waals surface area contributed by atoms with E-state index in [2.05, 4.69) is 18.3 Å². The van der Waals surface area contributed by atoms with E-state index in [1.54, 1.807) is 20.8 Å². The summed E-state index contributed by atoms with van der Waals surface area (Å²) in [5.41, 5.74) is -2.71. The maximum Gasteiger partial charge on any atom is 0.408 e. The number of esters is 1. The van der Waals surface area contributed by atoms with E-state index in [1.165, 1.54) is 6.92 Å². The van der Waals surface area contributed by atoms with Crippen molar-refractivity contribution >= 4 is 24.3 Å². The zero-order chi connectivity index (χ0) is 27.6. The minimum atomic E-state index is -1.28. The van der Waals surface area contributed by atoms with E-state index in [-0.39, 0.29) is 30.3 Å². The summed E-state index contributed by atoms with van der Waals surface area (Å²) in [5.74, 6) is -0.780. The van der Waals surface area contributed by atoms with Gasteiger partial charge >= 0.3 is 18.0 Å². The summed E-state index contributed by atoms with van der Waals surface area (Å²) in [6.07, 6.45) is 5.97. The van der Waals surface area contributed by atoms with E-state index in [0.717, 1.165) is 31.1 Å². The third kappa shape index (κ3) is 3.84. The molecule has 0 aromatic heterocycles. The second-order valence-corrected chi connectivity index (χ2v) is 13.3. The van der Waals surface area contributed by atoms with Crippen molar-refractivity contribution in [2.45, 2.75) is 92.2 Å². The summed E-state index contributed by atoms with van der Waals surface area (Å²) >= 11 is 0. The fraction of sp³-hybridized carbons (Fsp3) is 0.793. The quantitative estimate of drug-likeness (QED) is 0.271. The van der Waals surface area contributed by atoms with Crippen molar-refractivity contribution < 1.29 is 33.8 Å². The Morgan fingerprint density at radius 2 is 1.86 bits per heavy atom. The van der Waals surface area contributed by atoms with Gasteiger partial charge in [-0.25, -0.2) is 9.59 Å². The van der Waals surface area contributed by atoms with Crippen molar-refractivity contribution in [2.75, 3.05) is 6.61 Å². The zero-order valence-corrected chi connectivity index (χ0v) is 23.3. The van der Waals surface area contributed by atoms with Gasteiger partial charge in [-0.3, -0.25) is 4.79 Å². The summed E-state index contributed by atoms with van der Waals surface area (Å²) in [4.78, 5) is 51.3. The molecule has 0 aromatic carbocycles. The van der Waals surface area contributed by atoms with Crippen LogP contribution < -0.4 is 5.32 Å². The number of carboxylic acids is 1. The molecule has 206 valence electrons. The number of aliphatic carboxylic acids is 1. The monoisotopic (exact) mass is 517 g/mol. The molecule has 0 spiro atoms. The van der Waals surface area contributed by atoms with E-state index in [4.69, 9.17) is 9.47 Å². The lowest BCUT2D eigenvalue weighted by atomic mass is 9.42. The molecule has 4 rings (SSSR count). The van der Waals surface area contributed by atoms with Gasteiger partial charge < -0.3 is 24.7 Å². The summed E-state index contributed by atoms with van der Waals surface area (Å²) in [5, 5.41) is 13.5. The number of carbonyl (C=O) groups is 4. The Morgan fingerprint density at radius 3 is 2.43 bits per heavy atom. The van der Waals surface area contributed by atoms with E-state index in [0.29, 0.717) is 18.8 Å². The van der Waals surface area contributed by atoms with Crippen LogP contribution in [0.5, 0.6) is 0 Å². The first-order valence-corrected chi connectivity index (χ1v) is 13.7. The Hall–Kier alpha value is -2.38. The lowest BCUT2D eigenvalue weighted by Gasteiger charge is -2.58. The minimum absolute atomic E-state index is 0.00363. The number of hydrogen-bond donors (Lipinski definition) is 2. The first-order valence-electron chi connectivity index (χ1n) is 13.7. The number of fused-ring (bicyclic) bond motifs is 2. The van der Waals surface area contributed by atoms with E-state index >= 15 is 0 Å². The van der Waals surface area contributed by atoms with Crippen molar-refractivity contribution in [1.29, 1.82) is 0 Å². The smallest absolute Gasteiger partial charge is 0.408 e. The molecule has 3 saturated carbocycles. The number of allylic oxidation sites excluding steroid dienone is 1. The predicted molar refractivity (Wildman–Crippen MR) is 136 cm³/mol. The Kier molecular flexibility index (Phi) is 6.82. The molecule has 8 nitrogen and oxygen atoms in total. The van der Waals surface area contributed by atoms with Gasteiger partial charge in [-0.05, 0) is 83.0 Å². The molecule has 3 fully saturated rings. The van der Waals surface area contributed by atoms with E-state index < -0.39 is 45.9 Å². The van der Waals surface area contributed by atoms with Gasteiger partial charge in [0.1, 0.15) is 23.3 Å². The van der Waals surface area contributed by atoms with Crippen LogP contribution in [0.3, 0.4) is 0 Å². The number of aldehydes is 1. The van der Waals surface area contributed by atoms with Gasteiger partial charge in [0.2, 0.25) is 0 Å². The van der Waals surface area contributed by atoms with Crippen LogP contribution in [0, 0.1) is 45.8 Å². The standard InChI is InChI=1S/C29H43NO7/c1-16(2)22-12-19-13-28(15-31)21-9-8-17(3)20(21)14-27(19,29(22,28)24(33)34)10-11-36-23(32)18(4)30-25(35)37-26(5,6)7/h12,15-21H,8-11,13-14H2,1-7H3,(H,30,35)(H,33,34)/t17-,18+,19?,20?,21?,27?,28?,29?/m1/s1. The third-order valence-electron chi connectivity index (χ3n) is 10.0. The highest BCUT2D eigenvalue weighted by Crippen LogP contribution is 2.83. The summed E-state index contributed by atoms with van der Waals surface area (Å²) in [6, 6.07) is -0.912. The average molecular weight is 518 g/mol. The molecule has 2 N–H and O–H groups in total. The Labute approximate surface area is 219 Å². The number of hydrogen-bond acceptors (Lipinski definition) is 6. The van der Waals surface area contributed by atoms with Crippen molar-refractivity contribution in [2.24, 2.45) is 45.8 Å². The van der Waals surface area contributed by atoms with E-state index in [9.17, 15) is 24.3 Å². The molecular weight excluding hydrogens is 474 g/mol. The molecular formula is C29H43NO7. The lowest BCUT2D eigenvalue weighted by Crippen LogP contribution is -2.62. The number of rotatable bonds is 8. The molecule has 37 heavy (non-hydrogen) atoms. The molecule has 1 amide bonds. The first kappa shape index (κ1) is 27.6. The van der Waals surface area contributed by atoms with Crippen molar-refractivity contribution in [3.8, 4) is 0 Å². The van der Waals surface area contributed by atoms with Crippen LogP contribution in [-0.4, -0.2) is 47.7 Å². The van der Waals surface area contributed by atoms with Crippen LogP contribution in [0.1, 0.15) is 80.6 Å². The molecule has 8 heteroatoms. The Morgan fingerprint density at radius 1 is 1.19 bits per heavy atom. The van der Waals surface area contributed by atoms with Crippen molar-refractivity contribution in [3.63, 3.8) is 0 Å². The molecule has 0 saturated heterocycles. The zero-order valence-electron chi connectivity index (χ0n) is 23.3. The second-order valence-electron chi connectivity index (χ2n) is 13.3. The SMILES string of the molecule is CC(C)C1=CC2CC3(C=O)C4CC[C@@H](C)C4CC2(CCOC(=O)[C@H](C)NC(=O)OC(C)(C)C)C13C(=O)O. The number of amides is 1. The molecule has 4 bridgehead atoms. The van der Waals surface area contributed by atoms with Gasteiger partial charge in [-0.1, -0.05) is 38.8 Å². The largest absolute Gasteiger partial charge is 0.481 e. The highest BCUT2D eigenvalue weighted by Gasteiger charge is 2.83. The summed E-state index contributed by atoms with van der Waals surface area (Å²) in [7, 11) is 0. The van der Waals surface area contributed by atoms with Crippen molar-refractivity contribution in [1.82, 2.24) is 5.32 Å². The highest BCUT2D eigenvalue weighted by atomic mass is 16.6. The summed E-state index contributed by atoms with van der Waals surface area (Å²) < 4.78 is 10.8. The normalized spacial score (nSPS) is 38.5. The van der Waals surface area contributed by atoms with E-state index in [1.807, 2.05) is 13.8 Å². The van der Waals surface area contributed by atoms with Gasteiger partial charge in [0.25, 0.3) is 0 Å². The van der Waals surface area contributed by atoms with Crippen LogP contribution in [-0.2, 0) is 23.9 Å². The maximum absolute atomic E-state index is 13.4. The fourth-order valence-electron chi connectivity index (χ4n) is 8.84. The topological polar surface area (TPSA) is 119 Å². The van der Waals surface area contributed by atoms with Crippen LogP contribution in [0.2, 0.25) is 0 Å². The predicted octanol–water partition coefficient (Wildman–Crippen LogP) is 4.76. The molecule has 0 heterocycles. The molecule has 0 aliphatic heterocycles. The molecule has 6 unspecified atom stereocenters. The highest BCUT2D eigenvalue weighted by molar-refractivity contribution is 5.90. The molecule has 4 aliphatic rings. The van der Waals surface area contributed by atoms with Crippen molar-refractivity contribution in [3.05, 3.63) is 11.6 Å².